The number of aromatic nitrogens is 1. The molecule has 236 valence electrons. The number of rotatable bonds is 5. The van der Waals surface area contributed by atoms with Crippen LogP contribution in [0.4, 0.5) is 32.0 Å². The van der Waals surface area contributed by atoms with Crippen LogP contribution in [0.15, 0.2) is 40.5 Å². The maximum Gasteiger partial charge on any atom is 0.433 e. The number of carbonyl (C=O) groups is 2. The Bertz CT molecular complexity index is 1360. The summed E-state index contributed by atoms with van der Waals surface area (Å²) in [5.74, 6) is -0.0269. The normalized spacial score (nSPS) is 17.9. The van der Waals surface area contributed by atoms with E-state index < -0.39 is 30.5 Å². The number of pyridine rings is 1. The Hall–Kier alpha value is -3.84. The Labute approximate surface area is 245 Å². The number of fused-ring (bicyclic) bond motifs is 1. The van der Waals surface area contributed by atoms with Crippen molar-refractivity contribution in [3.8, 4) is 0 Å². The fourth-order valence-electron chi connectivity index (χ4n) is 4.43. The smallest absolute Gasteiger partial charge is 0.401 e. The number of anilines is 1. The van der Waals surface area contributed by atoms with Gasteiger partial charge in [-0.2, -0.15) is 26.3 Å². The minimum atomic E-state index is -4.46. The molecule has 1 saturated heterocycles. The zero-order chi connectivity index (χ0) is 31.9. The summed E-state index contributed by atoms with van der Waals surface area (Å²) in [6.45, 7) is 2.26. The van der Waals surface area contributed by atoms with Crippen LogP contribution in [0.1, 0.15) is 69.0 Å². The summed E-state index contributed by atoms with van der Waals surface area (Å²) in [5.41, 5.74) is 17.0. The van der Waals surface area contributed by atoms with Crippen LogP contribution in [-0.4, -0.2) is 53.7 Å². The predicted molar refractivity (Wildman–Crippen MR) is 152 cm³/mol. The molecule has 0 radical (unpaired) electrons. The van der Waals surface area contributed by atoms with Gasteiger partial charge in [-0.25, -0.2) is 4.98 Å². The molecule has 43 heavy (non-hydrogen) atoms. The number of likely N-dealkylation sites (tertiary alicyclic amines) is 1. The van der Waals surface area contributed by atoms with Crippen LogP contribution in [-0.2, 0) is 15.8 Å². The topological polar surface area (TPSA) is 141 Å². The van der Waals surface area contributed by atoms with Crippen LogP contribution in [0.25, 0.3) is 10.9 Å². The van der Waals surface area contributed by atoms with Gasteiger partial charge >= 0.3 is 12.4 Å². The third-order valence-corrected chi connectivity index (χ3v) is 7.09. The van der Waals surface area contributed by atoms with Crippen LogP contribution < -0.4 is 17.2 Å². The van der Waals surface area contributed by atoms with Crippen LogP contribution >= 0.6 is 0 Å². The largest absolute Gasteiger partial charge is 0.433 e. The second-order valence-corrected chi connectivity index (χ2v) is 10.8. The molecule has 1 aromatic heterocycles. The zero-order valence-corrected chi connectivity index (χ0v) is 23.8. The lowest BCUT2D eigenvalue weighted by atomic mass is 10.1. The third-order valence-electron chi connectivity index (χ3n) is 7.09. The van der Waals surface area contributed by atoms with Crippen molar-refractivity contribution in [2.24, 2.45) is 22.4 Å². The first-order valence-electron chi connectivity index (χ1n) is 14.0. The minimum Gasteiger partial charge on any atom is -0.401 e. The summed E-state index contributed by atoms with van der Waals surface area (Å²) in [4.78, 5) is 30.3. The number of alkyl halides is 6. The molecule has 14 heteroatoms. The third kappa shape index (κ3) is 10.7. The van der Waals surface area contributed by atoms with Gasteiger partial charge in [0, 0.05) is 43.0 Å². The molecule has 0 unspecified atom stereocenters. The molecule has 3 fully saturated rings. The first kappa shape index (κ1) is 33.7. The SMILES string of the molecule is CC(=O)N1CCCCC1.NC(=O)/C(C=NCC(F)(F)F)=C(/N)C1CC1.Nc1cc(C(F)(F)F)nc2ccc(C3CC3)cc12. The van der Waals surface area contributed by atoms with Gasteiger partial charge in [-0.15, -0.1) is 0 Å². The van der Waals surface area contributed by atoms with Crippen molar-refractivity contribution in [3.63, 3.8) is 0 Å². The molecule has 0 spiro atoms. The number of carbonyl (C=O) groups excluding carboxylic acids is 2. The van der Waals surface area contributed by atoms with Crippen molar-refractivity contribution in [1.82, 2.24) is 9.88 Å². The number of piperidine rings is 1. The van der Waals surface area contributed by atoms with Gasteiger partial charge in [-0.3, -0.25) is 14.6 Å². The van der Waals surface area contributed by atoms with Gasteiger partial charge in [-0.05, 0) is 80.5 Å². The van der Waals surface area contributed by atoms with Crippen molar-refractivity contribution < 1.29 is 35.9 Å². The summed E-state index contributed by atoms with van der Waals surface area (Å²) in [6, 6.07) is 6.22. The van der Waals surface area contributed by atoms with E-state index in [1.54, 1.807) is 13.0 Å². The van der Waals surface area contributed by atoms with Gasteiger partial charge in [0.15, 0.2) is 0 Å². The molecule has 2 aromatic rings. The summed E-state index contributed by atoms with van der Waals surface area (Å²) in [7, 11) is 0. The Balaban J connectivity index is 0.000000186. The molecule has 0 bridgehead atoms. The van der Waals surface area contributed by atoms with E-state index >= 15 is 0 Å². The zero-order valence-electron chi connectivity index (χ0n) is 23.8. The highest BCUT2D eigenvalue weighted by Gasteiger charge is 2.33. The van der Waals surface area contributed by atoms with Crippen LogP contribution in [0.5, 0.6) is 0 Å². The molecule has 0 atom stereocenters. The monoisotopic (exact) mass is 614 g/mol. The molecule has 2 heterocycles. The van der Waals surface area contributed by atoms with Gasteiger partial charge in [0.2, 0.25) is 5.91 Å². The molecule has 8 nitrogen and oxygen atoms in total. The second-order valence-electron chi connectivity index (χ2n) is 10.8. The number of nitrogens with two attached hydrogens (primary N) is 3. The number of hydrogen-bond acceptors (Lipinski definition) is 6. The number of benzene rings is 1. The summed E-state index contributed by atoms with van der Waals surface area (Å²) >= 11 is 0. The lowest BCUT2D eigenvalue weighted by Crippen LogP contribution is -2.33. The number of primary amides is 1. The summed E-state index contributed by atoms with van der Waals surface area (Å²) < 4.78 is 73.2. The predicted octanol–water partition coefficient (Wildman–Crippen LogP) is 5.46. The van der Waals surface area contributed by atoms with Crippen LogP contribution in [0, 0.1) is 5.92 Å². The number of nitrogens with zero attached hydrogens (tertiary/aromatic N) is 3. The standard InChI is InChI=1S/C13H11F3N2.C9H12F3N3O.C7H13NO/c14-13(15,16)12-6-10(17)9-5-8(7-1-2-7)3-4-11(9)18-12;10-9(11,12)4-15-3-6(8(14)16)7(13)5-1-2-5;1-7(9)8-5-3-2-4-6-8/h3-7H,1-2H2,(H2,17,18);3,5H,1-2,4,13H2,(H2,14,16);2-6H2,1H3/b;7-6+,15-3?;. The van der Waals surface area contributed by atoms with Gasteiger partial charge < -0.3 is 22.1 Å². The molecule has 3 aliphatic rings. The average molecular weight is 615 g/mol. The first-order chi connectivity index (χ1) is 20.1. The number of hydrogen-bond donors (Lipinski definition) is 3. The molecule has 2 saturated carbocycles. The van der Waals surface area contributed by atoms with Gasteiger partial charge in [0.05, 0.1) is 11.1 Å². The fraction of sp³-hybridized carbons (Fsp3) is 0.517. The first-order valence-corrected chi connectivity index (χ1v) is 14.0. The van der Waals surface area contributed by atoms with Crippen molar-refractivity contribution >= 4 is 34.6 Å². The molecule has 6 N–H and O–H groups in total. The Morgan fingerprint density at radius 2 is 1.63 bits per heavy atom. The van der Waals surface area contributed by atoms with Gasteiger partial charge in [0.1, 0.15) is 12.2 Å². The number of amides is 2. The van der Waals surface area contributed by atoms with E-state index in [4.69, 9.17) is 17.2 Å². The Morgan fingerprint density at radius 3 is 2.09 bits per heavy atom. The summed E-state index contributed by atoms with van der Waals surface area (Å²) in [5, 5.41) is 0.604. The van der Waals surface area contributed by atoms with E-state index in [1.165, 1.54) is 19.3 Å². The van der Waals surface area contributed by atoms with E-state index in [9.17, 15) is 35.9 Å². The van der Waals surface area contributed by atoms with Crippen molar-refractivity contribution in [3.05, 3.63) is 46.8 Å². The lowest BCUT2D eigenvalue weighted by molar-refractivity contribution is -0.141. The second kappa shape index (κ2) is 14.1. The lowest BCUT2D eigenvalue weighted by Gasteiger charge is -2.24. The number of aliphatic imine (C=N–C) groups is 1. The molecule has 2 aliphatic carbocycles. The maximum atomic E-state index is 12.6. The maximum absolute atomic E-state index is 12.6. The van der Waals surface area contributed by atoms with Crippen molar-refractivity contribution in [2.45, 2.75) is 70.1 Å². The Morgan fingerprint density at radius 1 is 1.00 bits per heavy atom. The molecular formula is C29H36F6N6O2. The average Bonchev–Trinajstić information content (AvgIpc) is 3.84. The van der Waals surface area contributed by atoms with E-state index in [0.717, 1.165) is 56.6 Å². The fourth-order valence-corrected chi connectivity index (χ4v) is 4.43. The van der Waals surface area contributed by atoms with Gasteiger partial charge in [-0.1, -0.05) is 6.07 Å². The van der Waals surface area contributed by atoms with E-state index in [-0.39, 0.29) is 28.8 Å². The molecule has 1 aliphatic heterocycles. The highest BCUT2D eigenvalue weighted by Crippen LogP contribution is 2.42. The van der Waals surface area contributed by atoms with Crippen molar-refractivity contribution in [1.29, 1.82) is 0 Å². The van der Waals surface area contributed by atoms with E-state index in [1.807, 2.05) is 17.0 Å². The molecule has 1 aromatic carbocycles. The molecular weight excluding hydrogens is 578 g/mol. The van der Waals surface area contributed by atoms with Crippen LogP contribution in [0.2, 0.25) is 0 Å². The van der Waals surface area contributed by atoms with Gasteiger partial charge in [0.25, 0.3) is 5.91 Å². The highest BCUT2D eigenvalue weighted by molar-refractivity contribution is 6.12. The number of nitrogen functional groups attached to an aromatic ring is 1. The Kier molecular flexibility index (Phi) is 11.0. The number of halogens is 6. The summed E-state index contributed by atoms with van der Waals surface area (Å²) in [6.07, 6.45) is -0.429. The van der Waals surface area contributed by atoms with E-state index in [2.05, 4.69) is 9.98 Å². The molecule has 2 amide bonds. The minimum absolute atomic E-state index is 0.0554. The van der Waals surface area contributed by atoms with Crippen LogP contribution in [0.3, 0.4) is 0 Å². The van der Waals surface area contributed by atoms with Crippen molar-refractivity contribution in [2.75, 3.05) is 25.4 Å². The van der Waals surface area contributed by atoms with E-state index in [0.29, 0.717) is 16.8 Å². The highest BCUT2D eigenvalue weighted by atomic mass is 19.4. The quantitative estimate of drug-likeness (QED) is 0.233. The molecule has 5 rings (SSSR count). The number of allylic oxidation sites excluding steroid dienone is 1.